The van der Waals surface area contributed by atoms with Gasteiger partial charge in [-0.3, -0.25) is 4.79 Å². The quantitative estimate of drug-likeness (QED) is 0.583. The number of primary amides is 1. The number of allylic oxidation sites excluding steroid dienone is 3. The summed E-state index contributed by atoms with van der Waals surface area (Å²) in [5, 5.41) is 0.670. The molecule has 1 amide bonds. The largest absolute Gasteiger partial charge is 0.366 e. The van der Waals surface area contributed by atoms with Crippen LogP contribution in [0.4, 0.5) is 0 Å². The molecule has 1 aliphatic rings. The zero-order valence-corrected chi connectivity index (χ0v) is 5.48. The molecule has 1 aliphatic carbocycles. The third-order valence-electron chi connectivity index (χ3n) is 1.14. The third kappa shape index (κ3) is 1.33. The summed E-state index contributed by atoms with van der Waals surface area (Å²) in [5.41, 5.74) is 5.54. The highest BCUT2D eigenvalue weighted by Crippen LogP contribution is 2.20. The van der Waals surface area contributed by atoms with Gasteiger partial charge in [0.15, 0.2) is 0 Å². The second-order valence-corrected chi connectivity index (χ2v) is 2.33. The van der Waals surface area contributed by atoms with Crippen molar-refractivity contribution in [3.8, 4) is 0 Å². The van der Waals surface area contributed by atoms with Crippen LogP contribution in [0.3, 0.4) is 0 Å². The van der Waals surface area contributed by atoms with Crippen molar-refractivity contribution < 1.29 is 4.79 Å². The maximum Gasteiger partial charge on any atom is 0.244 e. The van der Waals surface area contributed by atoms with Gasteiger partial charge in [-0.05, 0) is 6.08 Å². The molecule has 0 unspecified atom stereocenters. The van der Waals surface area contributed by atoms with Crippen LogP contribution in [0, 0.1) is 0 Å². The average Bonchev–Trinajstić information content (AvgIpc) is 2.14. The van der Waals surface area contributed by atoms with E-state index in [1.165, 1.54) is 0 Å². The molecular weight excluding hydrogens is 138 g/mol. The van der Waals surface area contributed by atoms with Gasteiger partial charge in [0.2, 0.25) is 5.91 Å². The van der Waals surface area contributed by atoms with Crippen LogP contribution in [0.25, 0.3) is 0 Å². The van der Waals surface area contributed by atoms with Crippen LogP contribution in [0.2, 0.25) is 0 Å². The lowest BCUT2D eigenvalue weighted by Gasteiger charge is -1.91. The lowest BCUT2D eigenvalue weighted by Crippen LogP contribution is -2.12. The van der Waals surface area contributed by atoms with Gasteiger partial charge >= 0.3 is 0 Å². The fourth-order valence-electron chi connectivity index (χ4n) is 0.660. The van der Waals surface area contributed by atoms with Crippen LogP contribution in [0.1, 0.15) is 6.42 Å². The van der Waals surface area contributed by atoms with E-state index in [1.54, 1.807) is 12.2 Å². The molecule has 0 heterocycles. The average molecular weight is 144 g/mol. The van der Waals surface area contributed by atoms with E-state index in [-0.39, 0.29) is 5.91 Å². The summed E-state index contributed by atoms with van der Waals surface area (Å²) >= 11 is 5.55. The summed E-state index contributed by atoms with van der Waals surface area (Å²) in [5.74, 6) is -0.387. The topological polar surface area (TPSA) is 43.1 Å². The first-order valence-electron chi connectivity index (χ1n) is 2.55. The summed E-state index contributed by atoms with van der Waals surface area (Å²) in [6, 6.07) is 0. The summed E-state index contributed by atoms with van der Waals surface area (Å²) in [7, 11) is 0. The van der Waals surface area contributed by atoms with E-state index in [0.717, 1.165) is 0 Å². The minimum Gasteiger partial charge on any atom is -0.366 e. The fraction of sp³-hybridized carbons (Fsp3) is 0.167. The van der Waals surface area contributed by atoms with Gasteiger partial charge in [-0.2, -0.15) is 0 Å². The van der Waals surface area contributed by atoms with E-state index in [1.807, 2.05) is 0 Å². The summed E-state index contributed by atoms with van der Waals surface area (Å²) in [6.07, 6.45) is 3.82. The number of carbonyl (C=O) groups excluding carboxylic acids is 1. The molecule has 0 fully saturated rings. The fourth-order valence-corrected chi connectivity index (χ4v) is 0.867. The van der Waals surface area contributed by atoms with Crippen molar-refractivity contribution in [1.29, 1.82) is 0 Å². The second-order valence-electron chi connectivity index (χ2n) is 1.85. The smallest absolute Gasteiger partial charge is 0.244 e. The molecule has 2 N–H and O–H groups in total. The monoisotopic (exact) mass is 143 g/mol. The lowest BCUT2D eigenvalue weighted by atomic mass is 10.2. The molecule has 0 aromatic rings. The Labute approximate surface area is 58.0 Å². The molecule has 0 radical (unpaired) electrons. The maximum absolute atomic E-state index is 10.4. The molecule has 0 aromatic carbocycles. The number of rotatable bonds is 1. The molecule has 2 nitrogen and oxygen atoms in total. The van der Waals surface area contributed by atoms with E-state index in [2.05, 4.69) is 0 Å². The van der Waals surface area contributed by atoms with E-state index in [0.29, 0.717) is 17.0 Å². The Morgan fingerprint density at radius 3 is 2.56 bits per heavy atom. The van der Waals surface area contributed by atoms with Crippen LogP contribution >= 0.6 is 11.6 Å². The Hall–Kier alpha value is -0.760. The summed E-state index contributed by atoms with van der Waals surface area (Å²) in [4.78, 5) is 10.4. The molecule has 9 heavy (non-hydrogen) atoms. The predicted octanol–water partition coefficient (Wildman–Crippen LogP) is 0.925. The zero-order valence-electron chi connectivity index (χ0n) is 4.73. The maximum atomic E-state index is 10.4. The second kappa shape index (κ2) is 2.23. The molecule has 0 spiro atoms. The first kappa shape index (κ1) is 6.36. The highest BCUT2D eigenvalue weighted by atomic mass is 35.5. The SMILES string of the molecule is NC(=O)C1=CC=C(Cl)C1. The molecule has 0 aliphatic heterocycles. The van der Waals surface area contributed by atoms with Crippen molar-refractivity contribution in [2.45, 2.75) is 6.42 Å². The van der Waals surface area contributed by atoms with E-state index >= 15 is 0 Å². The van der Waals surface area contributed by atoms with Gasteiger partial charge in [0, 0.05) is 17.0 Å². The van der Waals surface area contributed by atoms with Gasteiger partial charge in [-0.1, -0.05) is 17.7 Å². The van der Waals surface area contributed by atoms with Crippen molar-refractivity contribution in [1.82, 2.24) is 0 Å². The molecule has 3 heteroatoms. The number of hydrogen-bond donors (Lipinski definition) is 1. The van der Waals surface area contributed by atoms with Gasteiger partial charge in [0.05, 0.1) is 0 Å². The molecular formula is C6H6ClNO. The number of nitrogens with two attached hydrogens (primary N) is 1. The van der Waals surface area contributed by atoms with Crippen molar-refractivity contribution >= 4 is 17.5 Å². The van der Waals surface area contributed by atoms with E-state index in [4.69, 9.17) is 17.3 Å². The lowest BCUT2D eigenvalue weighted by molar-refractivity contribution is -0.114. The highest BCUT2D eigenvalue weighted by Gasteiger charge is 2.09. The number of carbonyl (C=O) groups is 1. The first-order chi connectivity index (χ1) is 4.20. The van der Waals surface area contributed by atoms with Crippen LogP contribution in [0.15, 0.2) is 22.8 Å². The Morgan fingerprint density at radius 1 is 1.67 bits per heavy atom. The molecule has 0 bridgehead atoms. The van der Waals surface area contributed by atoms with Crippen LogP contribution < -0.4 is 5.73 Å². The third-order valence-corrected chi connectivity index (χ3v) is 1.40. The molecule has 48 valence electrons. The summed E-state index contributed by atoms with van der Waals surface area (Å²) < 4.78 is 0. The van der Waals surface area contributed by atoms with Crippen LogP contribution in [-0.4, -0.2) is 5.91 Å². The Morgan fingerprint density at radius 2 is 2.33 bits per heavy atom. The van der Waals surface area contributed by atoms with Crippen molar-refractivity contribution in [3.05, 3.63) is 22.8 Å². The minimum absolute atomic E-state index is 0.387. The molecule has 0 saturated heterocycles. The number of halogens is 1. The molecule has 0 aromatic heterocycles. The van der Waals surface area contributed by atoms with Crippen molar-refractivity contribution in [3.63, 3.8) is 0 Å². The Balaban J connectivity index is 2.64. The highest BCUT2D eigenvalue weighted by molar-refractivity contribution is 6.30. The minimum atomic E-state index is -0.387. The van der Waals surface area contributed by atoms with Crippen molar-refractivity contribution in [2.75, 3.05) is 0 Å². The van der Waals surface area contributed by atoms with E-state index < -0.39 is 0 Å². The van der Waals surface area contributed by atoms with Crippen LogP contribution in [-0.2, 0) is 4.79 Å². The van der Waals surface area contributed by atoms with Gasteiger partial charge in [-0.25, -0.2) is 0 Å². The molecule has 0 saturated carbocycles. The Bertz CT molecular complexity index is 205. The predicted molar refractivity (Wildman–Crippen MR) is 35.8 cm³/mol. The van der Waals surface area contributed by atoms with Gasteiger partial charge in [0.25, 0.3) is 0 Å². The number of hydrogen-bond acceptors (Lipinski definition) is 1. The van der Waals surface area contributed by atoms with E-state index in [9.17, 15) is 4.79 Å². The van der Waals surface area contributed by atoms with Gasteiger partial charge in [-0.15, -0.1) is 0 Å². The molecule has 0 atom stereocenters. The van der Waals surface area contributed by atoms with Gasteiger partial charge < -0.3 is 5.73 Å². The Kier molecular flexibility index (Phi) is 1.58. The standard InChI is InChI=1S/C6H6ClNO/c7-5-2-1-4(3-5)6(8)9/h1-2H,3H2,(H2,8,9). The number of amides is 1. The van der Waals surface area contributed by atoms with Crippen LogP contribution in [0.5, 0.6) is 0 Å². The zero-order chi connectivity index (χ0) is 6.85. The molecule has 1 rings (SSSR count). The first-order valence-corrected chi connectivity index (χ1v) is 2.93. The van der Waals surface area contributed by atoms with Crippen molar-refractivity contribution in [2.24, 2.45) is 5.73 Å². The normalized spacial score (nSPS) is 17.0. The van der Waals surface area contributed by atoms with Gasteiger partial charge in [0.1, 0.15) is 0 Å². The summed E-state index contributed by atoms with van der Waals surface area (Å²) in [6.45, 7) is 0.